The summed E-state index contributed by atoms with van der Waals surface area (Å²) in [7, 11) is -3.25. The smallest absolute Gasteiger partial charge is 0.259 e. The van der Waals surface area contributed by atoms with Gasteiger partial charge in [-0.25, -0.2) is 13.4 Å². The molecule has 2 rings (SSSR count). The van der Waals surface area contributed by atoms with Crippen LogP contribution in [0.4, 0.5) is 0 Å². The van der Waals surface area contributed by atoms with Gasteiger partial charge < -0.3 is 5.73 Å². The van der Waals surface area contributed by atoms with Crippen LogP contribution >= 0.6 is 0 Å². The summed E-state index contributed by atoms with van der Waals surface area (Å²) in [5.74, 6) is -0.262. The molecule has 0 aliphatic carbocycles. The summed E-state index contributed by atoms with van der Waals surface area (Å²) < 4.78 is 22.7. The van der Waals surface area contributed by atoms with Crippen LogP contribution in [0.15, 0.2) is 34.2 Å². The Balaban J connectivity index is 2.45. The third-order valence-corrected chi connectivity index (χ3v) is 4.00. The minimum atomic E-state index is -3.25. The molecule has 18 heavy (non-hydrogen) atoms. The molecule has 7 heteroatoms. The molecule has 1 aromatic rings. The number of hydrogen-bond donors (Lipinski definition) is 2. The second-order valence-corrected chi connectivity index (χ2v) is 6.34. The first-order chi connectivity index (χ1) is 8.23. The Labute approximate surface area is 105 Å². The van der Waals surface area contributed by atoms with Gasteiger partial charge in [-0.1, -0.05) is 12.1 Å². The van der Waals surface area contributed by atoms with Gasteiger partial charge in [-0.3, -0.25) is 10.1 Å². The molecule has 1 aliphatic heterocycles. The maximum Gasteiger partial charge on any atom is 0.259 e. The molecule has 1 aromatic carbocycles. The largest absolute Gasteiger partial charge is 0.370 e. The van der Waals surface area contributed by atoms with Crippen LogP contribution in [0.3, 0.4) is 0 Å². The maximum absolute atomic E-state index is 11.8. The zero-order valence-electron chi connectivity index (χ0n) is 9.97. The minimum absolute atomic E-state index is 0.0645. The highest BCUT2D eigenvalue weighted by molar-refractivity contribution is 7.90. The Morgan fingerprint density at radius 1 is 1.28 bits per heavy atom. The van der Waals surface area contributed by atoms with Crippen molar-refractivity contribution in [2.75, 3.05) is 6.26 Å². The topological polar surface area (TPSA) is 102 Å². The highest BCUT2D eigenvalue weighted by atomic mass is 32.2. The average molecular weight is 267 g/mol. The number of sulfone groups is 1. The minimum Gasteiger partial charge on any atom is -0.370 e. The second kappa shape index (κ2) is 3.81. The lowest BCUT2D eigenvalue weighted by Gasteiger charge is -2.18. The molecule has 0 saturated carbocycles. The highest BCUT2D eigenvalue weighted by Crippen LogP contribution is 2.29. The van der Waals surface area contributed by atoms with E-state index in [9.17, 15) is 13.2 Å². The van der Waals surface area contributed by atoms with Gasteiger partial charge in [-0.05, 0) is 24.6 Å². The Bertz CT molecular complexity index is 634. The first-order valence-corrected chi connectivity index (χ1v) is 7.10. The molecule has 1 heterocycles. The number of nitrogens with zero attached hydrogens (tertiary/aromatic N) is 1. The normalized spacial score (nSPS) is 23.7. The summed E-state index contributed by atoms with van der Waals surface area (Å²) in [6, 6.07) is 6.04. The number of aliphatic imine (C=N–C) groups is 1. The molecule has 6 nitrogen and oxygen atoms in total. The summed E-state index contributed by atoms with van der Waals surface area (Å²) in [6.45, 7) is 1.62. The van der Waals surface area contributed by atoms with Crippen molar-refractivity contribution < 1.29 is 13.2 Å². The van der Waals surface area contributed by atoms with E-state index in [1.165, 1.54) is 12.1 Å². The first kappa shape index (κ1) is 12.6. The predicted octanol–water partition coefficient (Wildman–Crippen LogP) is -0.250. The molecule has 0 aromatic heterocycles. The van der Waals surface area contributed by atoms with E-state index in [4.69, 9.17) is 5.73 Å². The Hall–Kier alpha value is -1.89. The summed E-state index contributed by atoms with van der Waals surface area (Å²) in [5.41, 5.74) is 4.95. The molecule has 0 radical (unpaired) electrons. The molecular formula is C11H13N3O3S. The van der Waals surface area contributed by atoms with Gasteiger partial charge in [0.2, 0.25) is 0 Å². The SMILES string of the molecule is CC1(c2ccc(S(C)(=O)=O)cc2)N=C(N)NC1=O. The van der Waals surface area contributed by atoms with Crippen molar-refractivity contribution in [2.45, 2.75) is 17.4 Å². The number of carbonyl (C=O) groups excluding carboxylic acids is 1. The van der Waals surface area contributed by atoms with E-state index in [1.807, 2.05) is 0 Å². The van der Waals surface area contributed by atoms with Crippen LogP contribution in [-0.4, -0.2) is 26.5 Å². The Morgan fingerprint density at radius 3 is 2.22 bits per heavy atom. The number of benzene rings is 1. The van der Waals surface area contributed by atoms with Gasteiger partial charge in [0.25, 0.3) is 5.91 Å². The lowest BCUT2D eigenvalue weighted by atomic mass is 9.93. The molecule has 3 N–H and O–H groups in total. The molecule has 0 saturated heterocycles. The second-order valence-electron chi connectivity index (χ2n) is 4.32. The van der Waals surface area contributed by atoms with Crippen LogP contribution < -0.4 is 11.1 Å². The molecule has 1 unspecified atom stereocenters. The molecule has 0 fully saturated rings. The molecule has 1 amide bonds. The van der Waals surface area contributed by atoms with E-state index < -0.39 is 15.4 Å². The van der Waals surface area contributed by atoms with Gasteiger partial charge >= 0.3 is 0 Å². The molecule has 1 atom stereocenters. The molecular weight excluding hydrogens is 254 g/mol. The van der Waals surface area contributed by atoms with Crippen LogP contribution in [0.5, 0.6) is 0 Å². The number of nitrogens with two attached hydrogens (primary N) is 1. The van der Waals surface area contributed by atoms with E-state index in [0.717, 1.165) is 6.26 Å². The monoisotopic (exact) mass is 267 g/mol. The van der Waals surface area contributed by atoms with Gasteiger partial charge in [0.05, 0.1) is 4.90 Å². The third kappa shape index (κ3) is 1.97. The van der Waals surface area contributed by atoms with Crippen LogP contribution in [-0.2, 0) is 20.2 Å². The summed E-state index contributed by atoms with van der Waals surface area (Å²) in [4.78, 5) is 16.0. The lowest BCUT2D eigenvalue weighted by molar-refractivity contribution is -0.123. The molecule has 0 spiro atoms. The lowest BCUT2D eigenvalue weighted by Crippen LogP contribution is -2.37. The first-order valence-electron chi connectivity index (χ1n) is 5.21. The predicted molar refractivity (Wildman–Crippen MR) is 66.7 cm³/mol. The highest BCUT2D eigenvalue weighted by Gasteiger charge is 2.40. The zero-order valence-corrected chi connectivity index (χ0v) is 10.8. The van der Waals surface area contributed by atoms with Crippen LogP contribution in [0.25, 0.3) is 0 Å². The van der Waals surface area contributed by atoms with Gasteiger partial charge in [-0.2, -0.15) is 0 Å². The number of carbonyl (C=O) groups is 1. The quantitative estimate of drug-likeness (QED) is 0.771. The van der Waals surface area contributed by atoms with Crippen LogP contribution in [0, 0.1) is 0 Å². The van der Waals surface area contributed by atoms with Crippen molar-refractivity contribution in [2.24, 2.45) is 10.7 Å². The van der Waals surface area contributed by atoms with Gasteiger partial charge in [0.1, 0.15) is 0 Å². The van der Waals surface area contributed by atoms with E-state index in [0.29, 0.717) is 5.56 Å². The standard InChI is InChI=1S/C11H13N3O3S/c1-11(9(15)13-10(12)14-11)7-3-5-8(6-4-7)18(2,16)17/h3-6H,1-2H3,(H3,12,13,14,15). The number of hydrogen-bond acceptors (Lipinski definition) is 5. The van der Waals surface area contributed by atoms with Crippen molar-refractivity contribution in [1.29, 1.82) is 0 Å². The van der Waals surface area contributed by atoms with E-state index in [-0.39, 0.29) is 16.8 Å². The fraction of sp³-hybridized carbons (Fsp3) is 0.273. The summed E-state index contributed by atoms with van der Waals surface area (Å²) in [5, 5.41) is 2.42. The van der Waals surface area contributed by atoms with E-state index in [1.54, 1.807) is 19.1 Å². The van der Waals surface area contributed by atoms with Crippen molar-refractivity contribution in [3.63, 3.8) is 0 Å². The third-order valence-electron chi connectivity index (χ3n) is 2.87. The number of amides is 1. The van der Waals surface area contributed by atoms with Crippen molar-refractivity contribution in [1.82, 2.24) is 5.32 Å². The Morgan fingerprint density at radius 2 is 1.83 bits per heavy atom. The molecule has 96 valence electrons. The number of rotatable bonds is 2. The fourth-order valence-electron chi connectivity index (χ4n) is 1.78. The van der Waals surface area contributed by atoms with Gasteiger partial charge in [-0.15, -0.1) is 0 Å². The van der Waals surface area contributed by atoms with Crippen molar-refractivity contribution in [3.8, 4) is 0 Å². The van der Waals surface area contributed by atoms with E-state index in [2.05, 4.69) is 10.3 Å². The van der Waals surface area contributed by atoms with Gasteiger partial charge in [0.15, 0.2) is 21.3 Å². The van der Waals surface area contributed by atoms with Crippen molar-refractivity contribution >= 4 is 21.7 Å². The van der Waals surface area contributed by atoms with Gasteiger partial charge in [0, 0.05) is 6.26 Å². The molecule has 0 bridgehead atoms. The Kier molecular flexibility index (Phi) is 2.66. The van der Waals surface area contributed by atoms with Crippen molar-refractivity contribution in [3.05, 3.63) is 29.8 Å². The number of nitrogens with one attached hydrogen (secondary N) is 1. The summed E-state index contributed by atoms with van der Waals surface area (Å²) in [6.07, 6.45) is 1.13. The molecule has 1 aliphatic rings. The van der Waals surface area contributed by atoms with Crippen LogP contribution in [0.2, 0.25) is 0 Å². The zero-order chi connectivity index (χ0) is 13.6. The van der Waals surface area contributed by atoms with Crippen LogP contribution in [0.1, 0.15) is 12.5 Å². The maximum atomic E-state index is 11.8. The van der Waals surface area contributed by atoms with E-state index >= 15 is 0 Å². The summed E-state index contributed by atoms with van der Waals surface area (Å²) >= 11 is 0. The number of guanidine groups is 1. The average Bonchev–Trinajstić information content (AvgIpc) is 2.53. The fourth-order valence-corrected chi connectivity index (χ4v) is 2.41.